The first-order valence-electron chi connectivity index (χ1n) is 6.64. The molecule has 0 atom stereocenters. The van der Waals surface area contributed by atoms with Crippen LogP contribution in [0.3, 0.4) is 0 Å². The second kappa shape index (κ2) is 5.69. The number of carbonyl (C=O) groups excluding carboxylic acids is 1. The normalized spacial score (nSPS) is 13.8. The number of benzene rings is 1. The maximum absolute atomic E-state index is 12.3. The van der Waals surface area contributed by atoms with Gasteiger partial charge in [-0.2, -0.15) is 0 Å². The van der Waals surface area contributed by atoms with Crippen LogP contribution in [0.4, 0.5) is 5.69 Å². The highest BCUT2D eigenvalue weighted by atomic mass is 35.5. The summed E-state index contributed by atoms with van der Waals surface area (Å²) in [4.78, 5) is 20.5. The van der Waals surface area contributed by atoms with Crippen molar-refractivity contribution in [1.29, 1.82) is 0 Å². The summed E-state index contributed by atoms with van der Waals surface area (Å²) in [6.45, 7) is 0. The fraction of sp³-hybridized carbons (Fsp3) is 0.267. The lowest BCUT2D eigenvalue weighted by Gasteiger charge is -2.10. The van der Waals surface area contributed by atoms with E-state index in [4.69, 9.17) is 16.3 Å². The van der Waals surface area contributed by atoms with E-state index in [0.29, 0.717) is 28.1 Å². The van der Waals surface area contributed by atoms with E-state index in [2.05, 4.69) is 15.3 Å². The summed E-state index contributed by atoms with van der Waals surface area (Å²) in [5.41, 5.74) is 1.78. The molecular weight excluding hydrogens is 290 g/mol. The molecular formula is C15H14ClN3O2. The number of carbonyl (C=O) groups is 1. The Morgan fingerprint density at radius 2 is 2.14 bits per heavy atom. The molecule has 1 aromatic heterocycles. The zero-order valence-electron chi connectivity index (χ0n) is 11.5. The Labute approximate surface area is 127 Å². The molecule has 1 heterocycles. The van der Waals surface area contributed by atoms with Gasteiger partial charge in [-0.15, -0.1) is 0 Å². The van der Waals surface area contributed by atoms with Crippen LogP contribution in [0.2, 0.25) is 5.02 Å². The van der Waals surface area contributed by atoms with Crippen LogP contribution in [0.5, 0.6) is 5.75 Å². The minimum Gasteiger partial charge on any atom is -0.495 e. The quantitative estimate of drug-likeness (QED) is 0.941. The van der Waals surface area contributed by atoms with E-state index in [1.165, 1.54) is 13.4 Å². The average Bonchev–Trinajstić information content (AvgIpc) is 3.32. The standard InChI is InChI=1S/C15H14ClN3O2/c1-21-14-5-4-10(16)6-12(14)19-15(20)13-7-11(9-2-3-9)17-8-18-13/h4-9H,2-3H2,1H3,(H,19,20). The van der Waals surface area contributed by atoms with Crippen LogP contribution < -0.4 is 10.1 Å². The highest BCUT2D eigenvalue weighted by Gasteiger charge is 2.26. The summed E-state index contributed by atoms with van der Waals surface area (Å²) in [6.07, 6.45) is 3.68. The summed E-state index contributed by atoms with van der Waals surface area (Å²) in [5.74, 6) is 0.712. The van der Waals surface area contributed by atoms with Gasteiger partial charge in [0, 0.05) is 16.6 Å². The highest BCUT2D eigenvalue weighted by molar-refractivity contribution is 6.31. The molecule has 5 nitrogen and oxygen atoms in total. The van der Waals surface area contributed by atoms with Gasteiger partial charge in [0.15, 0.2) is 0 Å². The van der Waals surface area contributed by atoms with Crippen LogP contribution in [0, 0.1) is 0 Å². The van der Waals surface area contributed by atoms with Gasteiger partial charge >= 0.3 is 0 Å². The topological polar surface area (TPSA) is 64.1 Å². The minimum absolute atomic E-state index is 0.306. The number of ether oxygens (including phenoxy) is 1. The third-order valence-corrected chi connectivity index (χ3v) is 3.56. The van der Waals surface area contributed by atoms with Gasteiger partial charge in [0.05, 0.1) is 12.8 Å². The van der Waals surface area contributed by atoms with Gasteiger partial charge < -0.3 is 10.1 Å². The summed E-state index contributed by atoms with van der Waals surface area (Å²) in [6, 6.07) is 6.78. The van der Waals surface area contributed by atoms with E-state index in [1.807, 2.05) is 0 Å². The van der Waals surface area contributed by atoms with E-state index in [1.54, 1.807) is 24.3 Å². The van der Waals surface area contributed by atoms with Crippen molar-refractivity contribution < 1.29 is 9.53 Å². The molecule has 0 saturated heterocycles. The van der Waals surface area contributed by atoms with Gasteiger partial charge in [0.2, 0.25) is 0 Å². The minimum atomic E-state index is -0.306. The van der Waals surface area contributed by atoms with Crippen molar-refractivity contribution in [1.82, 2.24) is 9.97 Å². The molecule has 6 heteroatoms. The first-order valence-corrected chi connectivity index (χ1v) is 7.02. The van der Waals surface area contributed by atoms with Gasteiger partial charge in [-0.05, 0) is 37.1 Å². The third-order valence-electron chi connectivity index (χ3n) is 3.33. The Kier molecular flexibility index (Phi) is 3.75. The van der Waals surface area contributed by atoms with Crippen LogP contribution in [0.25, 0.3) is 0 Å². The Hall–Kier alpha value is -2.14. The number of nitrogens with one attached hydrogen (secondary N) is 1. The number of anilines is 1. The molecule has 0 radical (unpaired) electrons. The molecule has 21 heavy (non-hydrogen) atoms. The molecule has 1 fully saturated rings. The number of halogens is 1. The Morgan fingerprint density at radius 3 is 2.86 bits per heavy atom. The lowest BCUT2D eigenvalue weighted by atomic mass is 10.2. The van der Waals surface area contributed by atoms with Crippen molar-refractivity contribution in [3.05, 3.63) is 47.0 Å². The first-order chi connectivity index (χ1) is 10.2. The van der Waals surface area contributed by atoms with Crippen LogP contribution in [0.15, 0.2) is 30.6 Å². The zero-order valence-corrected chi connectivity index (χ0v) is 12.2. The molecule has 1 aromatic carbocycles. The molecule has 0 bridgehead atoms. The van der Waals surface area contributed by atoms with Gasteiger partial charge in [0.1, 0.15) is 17.8 Å². The third kappa shape index (κ3) is 3.13. The monoisotopic (exact) mass is 303 g/mol. The van der Waals surface area contributed by atoms with Gasteiger partial charge in [0.25, 0.3) is 5.91 Å². The van der Waals surface area contributed by atoms with E-state index in [-0.39, 0.29) is 5.91 Å². The van der Waals surface area contributed by atoms with Gasteiger partial charge in [-0.1, -0.05) is 11.6 Å². The fourth-order valence-electron chi connectivity index (χ4n) is 2.06. The maximum Gasteiger partial charge on any atom is 0.274 e. The molecule has 1 amide bonds. The molecule has 3 rings (SSSR count). The molecule has 0 aliphatic heterocycles. The molecule has 2 aromatic rings. The highest BCUT2D eigenvalue weighted by Crippen LogP contribution is 2.38. The number of amides is 1. The van der Waals surface area contributed by atoms with Crippen molar-refractivity contribution in [2.24, 2.45) is 0 Å². The van der Waals surface area contributed by atoms with Crippen LogP contribution in [-0.4, -0.2) is 23.0 Å². The van der Waals surface area contributed by atoms with Crippen molar-refractivity contribution in [3.8, 4) is 5.75 Å². The van der Waals surface area contributed by atoms with Crippen molar-refractivity contribution >= 4 is 23.2 Å². The molecule has 108 valence electrons. The smallest absolute Gasteiger partial charge is 0.274 e. The second-order valence-corrected chi connectivity index (χ2v) is 5.34. The maximum atomic E-state index is 12.3. The van der Waals surface area contributed by atoms with Crippen molar-refractivity contribution in [2.45, 2.75) is 18.8 Å². The Bertz CT molecular complexity index is 686. The lowest BCUT2D eigenvalue weighted by molar-refractivity contribution is 0.102. The fourth-order valence-corrected chi connectivity index (χ4v) is 2.24. The largest absolute Gasteiger partial charge is 0.495 e. The molecule has 0 spiro atoms. The number of rotatable bonds is 4. The lowest BCUT2D eigenvalue weighted by Crippen LogP contribution is -2.15. The summed E-state index contributed by atoms with van der Waals surface area (Å²) >= 11 is 5.95. The predicted molar refractivity (Wildman–Crippen MR) is 80.0 cm³/mol. The molecule has 1 aliphatic carbocycles. The average molecular weight is 304 g/mol. The number of aromatic nitrogens is 2. The SMILES string of the molecule is COc1ccc(Cl)cc1NC(=O)c1cc(C2CC2)ncn1. The van der Waals surface area contributed by atoms with Crippen molar-refractivity contribution in [2.75, 3.05) is 12.4 Å². The predicted octanol–water partition coefficient (Wildman–Crippen LogP) is 3.27. The second-order valence-electron chi connectivity index (χ2n) is 4.90. The Morgan fingerprint density at radius 1 is 1.33 bits per heavy atom. The van der Waals surface area contributed by atoms with Crippen LogP contribution >= 0.6 is 11.6 Å². The van der Waals surface area contributed by atoms with Crippen molar-refractivity contribution in [3.63, 3.8) is 0 Å². The van der Waals surface area contributed by atoms with E-state index in [9.17, 15) is 4.79 Å². The van der Waals surface area contributed by atoms with E-state index >= 15 is 0 Å². The number of hydrogen-bond donors (Lipinski definition) is 1. The van der Waals surface area contributed by atoms with Crippen LogP contribution in [0.1, 0.15) is 34.9 Å². The van der Waals surface area contributed by atoms with Gasteiger partial charge in [-0.25, -0.2) is 9.97 Å². The van der Waals surface area contributed by atoms with Gasteiger partial charge in [-0.3, -0.25) is 4.79 Å². The van der Waals surface area contributed by atoms with Crippen LogP contribution in [-0.2, 0) is 0 Å². The Balaban J connectivity index is 1.82. The number of hydrogen-bond acceptors (Lipinski definition) is 4. The van der Waals surface area contributed by atoms with E-state index < -0.39 is 0 Å². The number of nitrogens with zero attached hydrogens (tertiary/aromatic N) is 2. The summed E-state index contributed by atoms with van der Waals surface area (Å²) < 4.78 is 5.20. The molecule has 1 aliphatic rings. The molecule has 1 N–H and O–H groups in total. The first kappa shape index (κ1) is 13.8. The molecule has 1 saturated carbocycles. The molecule has 0 unspecified atom stereocenters. The summed E-state index contributed by atoms with van der Waals surface area (Å²) in [5, 5.41) is 3.29. The number of methoxy groups -OCH3 is 1. The zero-order chi connectivity index (χ0) is 14.8. The summed E-state index contributed by atoms with van der Waals surface area (Å²) in [7, 11) is 1.54. The van der Waals surface area contributed by atoms with E-state index in [0.717, 1.165) is 18.5 Å².